The number of nitrogens with zero attached hydrogens (tertiary/aromatic N) is 1. The largest absolute Gasteiger partial charge is 0.247 e. The number of aromatic nitrogens is 1. The molecule has 4 rings (SSSR count). The Hall–Kier alpha value is -2.41. The molecule has 0 aliphatic heterocycles. The van der Waals surface area contributed by atoms with E-state index in [0.29, 0.717) is 0 Å². The molecule has 0 aliphatic carbocycles. The number of aryl methyl sites for hydroxylation is 1. The van der Waals surface area contributed by atoms with Crippen molar-refractivity contribution in [3.63, 3.8) is 0 Å². The van der Waals surface area contributed by atoms with E-state index in [-0.39, 0.29) is 0 Å². The molecule has 1 heteroatoms. The van der Waals surface area contributed by atoms with Gasteiger partial charge in [-0.2, -0.15) is 0 Å². The molecule has 1 heterocycles. The monoisotopic (exact) mass is 243 g/mol. The smallest absolute Gasteiger partial charge is 0.0788 e. The van der Waals surface area contributed by atoms with Crippen LogP contribution in [0.3, 0.4) is 0 Å². The van der Waals surface area contributed by atoms with Crippen LogP contribution in [0.2, 0.25) is 0 Å². The molecule has 0 fully saturated rings. The number of pyridine rings is 1. The molecule has 90 valence electrons. The predicted octanol–water partition coefficient (Wildman–Crippen LogP) is 4.85. The number of para-hydroxylation sites is 1. The first kappa shape index (κ1) is 10.5. The summed E-state index contributed by atoms with van der Waals surface area (Å²) in [6, 6.07) is 21.2. The third-order valence-electron chi connectivity index (χ3n) is 3.73. The lowest BCUT2D eigenvalue weighted by molar-refractivity contribution is 1.49. The van der Waals surface area contributed by atoms with E-state index in [1.807, 2.05) is 6.07 Å². The maximum absolute atomic E-state index is 4.85. The summed E-state index contributed by atoms with van der Waals surface area (Å²) in [5.74, 6) is 0. The van der Waals surface area contributed by atoms with Gasteiger partial charge in [-0.05, 0) is 36.1 Å². The number of hydrogen-bond acceptors (Lipinski definition) is 1. The zero-order valence-corrected chi connectivity index (χ0v) is 10.7. The van der Waals surface area contributed by atoms with E-state index in [0.717, 1.165) is 11.0 Å². The Morgan fingerprint density at radius 1 is 0.737 bits per heavy atom. The summed E-state index contributed by atoms with van der Waals surface area (Å²) in [6.07, 6.45) is 0. The fourth-order valence-corrected chi connectivity index (χ4v) is 2.80. The van der Waals surface area contributed by atoms with Gasteiger partial charge in [-0.25, -0.2) is 4.98 Å². The van der Waals surface area contributed by atoms with Gasteiger partial charge in [0.05, 0.1) is 11.0 Å². The molecule has 0 saturated heterocycles. The normalized spacial score (nSPS) is 11.4. The van der Waals surface area contributed by atoms with Crippen LogP contribution in [0.5, 0.6) is 0 Å². The number of rotatable bonds is 0. The third kappa shape index (κ3) is 1.52. The summed E-state index contributed by atoms with van der Waals surface area (Å²) in [7, 11) is 0. The molecule has 0 atom stereocenters. The van der Waals surface area contributed by atoms with Crippen molar-refractivity contribution < 1.29 is 0 Å². The Bertz CT molecular complexity index is 922. The van der Waals surface area contributed by atoms with Gasteiger partial charge in [0, 0.05) is 16.2 Å². The van der Waals surface area contributed by atoms with Crippen molar-refractivity contribution in [3.8, 4) is 0 Å². The fraction of sp³-hybridized carbons (Fsp3) is 0.0556. The van der Waals surface area contributed by atoms with Crippen molar-refractivity contribution >= 4 is 32.6 Å². The molecule has 4 aromatic rings. The van der Waals surface area contributed by atoms with Gasteiger partial charge in [-0.15, -0.1) is 0 Å². The molecule has 0 bridgehead atoms. The topological polar surface area (TPSA) is 12.9 Å². The summed E-state index contributed by atoms with van der Waals surface area (Å²) < 4.78 is 0. The van der Waals surface area contributed by atoms with Crippen LogP contribution in [-0.2, 0) is 0 Å². The molecule has 0 spiro atoms. The Labute approximate surface area is 111 Å². The molecule has 0 unspecified atom stereocenters. The SMILES string of the molecule is Cc1cc2cc3ccccc3nc2c2ccccc12. The molecule has 3 aromatic carbocycles. The summed E-state index contributed by atoms with van der Waals surface area (Å²) in [5.41, 5.74) is 3.46. The first-order valence-corrected chi connectivity index (χ1v) is 6.51. The van der Waals surface area contributed by atoms with E-state index >= 15 is 0 Å². The predicted molar refractivity (Wildman–Crippen MR) is 81.5 cm³/mol. The minimum atomic E-state index is 1.06. The summed E-state index contributed by atoms with van der Waals surface area (Å²) >= 11 is 0. The van der Waals surface area contributed by atoms with Crippen molar-refractivity contribution in [2.45, 2.75) is 6.92 Å². The van der Waals surface area contributed by atoms with E-state index in [1.54, 1.807) is 0 Å². The highest BCUT2D eigenvalue weighted by Gasteiger charge is 2.06. The van der Waals surface area contributed by atoms with Gasteiger partial charge in [-0.1, -0.05) is 42.5 Å². The van der Waals surface area contributed by atoms with Gasteiger partial charge in [-0.3, -0.25) is 0 Å². The van der Waals surface area contributed by atoms with Crippen LogP contribution >= 0.6 is 0 Å². The maximum Gasteiger partial charge on any atom is 0.0788 e. The molecule has 0 saturated carbocycles. The minimum absolute atomic E-state index is 1.06. The average Bonchev–Trinajstić information content (AvgIpc) is 2.46. The van der Waals surface area contributed by atoms with Gasteiger partial charge < -0.3 is 0 Å². The van der Waals surface area contributed by atoms with Crippen molar-refractivity contribution in [2.24, 2.45) is 0 Å². The molecule has 19 heavy (non-hydrogen) atoms. The zero-order valence-electron chi connectivity index (χ0n) is 10.7. The van der Waals surface area contributed by atoms with Crippen LogP contribution in [0.15, 0.2) is 60.7 Å². The molecule has 0 aliphatic rings. The summed E-state index contributed by atoms with van der Waals surface area (Å²) in [6.45, 7) is 2.16. The first-order chi connectivity index (χ1) is 9.33. The molecular weight excluding hydrogens is 230 g/mol. The van der Waals surface area contributed by atoms with Gasteiger partial charge in [0.2, 0.25) is 0 Å². The standard InChI is InChI=1S/C18H13N/c1-12-10-14-11-13-6-2-5-9-17(13)19-18(14)16-8-4-3-7-15(12)16/h2-11H,1H3. The third-order valence-corrected chi connectivity index (χ3v) is 3.73. The van der Waals surface area contributed by atoms with Crippen LogP contribution in [0, 0.1) is 6.92 Å². The van der Waals surface area contributed by atoms with Crippen molar-refractivity contribution in [2.75, 3.05) is 0 Å². The Morgan fingerprint density at radius 2 is 1.47 bits per heavy atom. The van der Waals surface area contributed by atoms with Crippen LogP contribution in [0.1, 0.15) is 5.56 Å². The van der Waals surface area contributed by atoms with Crippen molar-refractivity contribution in [1.29, 1.82) is 0 Å². The van der Waals surface area contributed by atoms with Crippen LogP contribution in [-0.4, -0.2) is 4.98 Å². The summed E-state index contributed by atoms with van der Waals surface area (Å²) in [4.78, 5) is 4.85. The fourth-order valence-electron chi connectivity index (χ4n) is 2.80. The lowest BCUT2D eigenvalue weighted by Crippen LogP contribution is -1.86. The second kappa shape index (κ2) is 3.79. The second-order valence-electron chi connectivity index (χ2n) is 4.99. The second-order valence-corrected chi connectivity index (χ2v) is 4.99. The maximum atomic E-state index is 4.85. The zero-order chi connectivity index (χ0) is 12.8. The van der Waals surface area contributed by atoms with Gasteiger partial charge in [0.1, 0.15) is 0 Å². The van der Waals surface area contributed by atoms with E-state index in [1.165, 1.54) is 27.1 Å². The highest BCUT2D eigenvalue weighted by molar-refractivity contribution is 6.09. The van der Waals surface area contributed by atoms with Gasteiger partial charge in [0.25, 0.3) is 0 Å². The van der Waals surface area contributed by atoms with E-state index in [9.17, 15) is 0 Å². The highest BCUT2D eigenvalue weighted by Crippen LogP contribution is 2.29. The Morgan fingerprint density at radius 3 is 2.37 bits per heavy atom. The van der Waals surface area contributed by atoms with Crippen molar-refractivity contribution in [1.82, 2.24) is 4.98 Å². The van der Waals surface area contributed by atoms with Gasteiger partial charge >= 0.3 is 0 Å². The van der Waals surface area contributed by atoms with Crippen molar-refractivity contribution in [3.05, 3.63) is 66.2 Å². The van der Waals surface area contributed by atoms with E-state index < -0.39 is 0 Å². The molecule has 0 amide bonds. The lowest BCUT2D eigenvalue weighted by Gasteiger charge is -2.08. The van der Waals surface area contributed by atoms with Crippen LogP contribution < -0.4 is 0 Å². The first-order valence-electron chi connectivity index (χ1n) is 6.51. The molecule has 0 N–H and O–H groups in total. The Balaban J connectivity index is 2.29. The highest BCUT2D eigenvalue weighted by atomic mass is 14.7. The number of hydrogen-bond donors (Lipinski definition) is 0. The van der Waals surface area contributed by atoms with Gasteiger partial charge in [0.15, 0.2) is 0 Å². The number of fused-ring (bicyclic) bond motifs is 4. The molecular formula is C18H13N. The van der Waals surface area contributed by atoms with Crippen LogP contribution in [0.25, 0.3) is 32.6 Å². The average molecular weight is 243 g/mol. The lowest BCUT2D eigenvalue weighted by atomic mass is 10.0. The van der Waals surface area contributed by atoms with E-state index in [4.69, 9.17) is 4.98 Å². The number of benzene rings is 3. The molecule has 0 radical (unpaired) electrons. The molecule has 1 aromatic heterocycles. The quantitative estimate of drug-likeness (QED) is 0.318. The Kier molecular flexibility index (Phi) is 2.10. The minimum Gasteiger partial charge on any atom is -0.247 e. The van der Waals surface area contributed by atoms with E-state index in [2.05, 4.69) is 61.5 Å². The summed E-state index contributed by atoms with van der Waals surface area (Å²) in [5, 5.41) is 4.95. The van der Waals surface area contributed by atoms with Crippen LogP contribution in [0.4, 0.5) is 0 Å². The molecule has 1 nitrogen and oxygen atoms in total.